The number of nitriles is 1. The van der Waals surface area contributed by atoms with Crippen molar-refractivity contribution in [2.45, 2.75) is 59.0 Å². The van der Waals surface area contributed by atoms with Crippen molar-refractivity contribution in [2.75, 3.05) is 18.8 Å². The van der Waals surface area contributed by atoms with Crippen LogP contribution in [0.5, 0.6) is 0 Å². The Kier molecular flexibility index (Phi) is 15.4. The first-order valence-electron chi connectivity index (χ1n) is 11.8. The number of nitrogen functional groups attached to an aromatic ring is 1. The van der Waals surface area contributed by atoms with Gasteiger partial charge >= 0.3 is 6.09 Å². The van der Waals surface area contributed by atoms with E-state index >= 15 is 0 Å². The van der Waals surface area contributed by atoms with Gasteiger partial charge in [-0.05, 0) is 58.2 Å². The molecule has 196 valence electrons. The Morgan fingerprint density at radius 1 is 1.17 bits per heavy atom. The Labute approximate surface area is 214 Å². The minimum absolute atomic E-state index is 0.107. The molecule has 1 aromatic carbocycles. The van der Waals surface area contributed by atoms with Gasteiger partial charge in [0.15, 0.2) is 0 Å². The number of likely N-dealkylation sites (tertiary alicyclic amines) is 1. The van der Waals surface area contributed by atoms with Gasteiger partial charge in [0.05, 0.1) is 11.8 Å². The summed E-state index contributed by atoms with van der Waals surface area (Å²) < 4.78 is 5.26. The van der Waals surface area contributed by atoms with Gasteiger partial charge in [0.1, 0.15) is 17.0 Å². The van der Waals surface area contributed by atoms with Crippen molar-refractivity contribution < 1.29 is 9.53 Å². The van der Waals surface area contributed by atoms with Crippen LogP contribution in [0, 0.1) is 11.3 Å². The third-order valence-corrected chi connectivity index (χ3v) is 4.42. The lowest BCUT2D eigenvalue weighted by molar-refractivity contribution is 0.0216. The van der Waals surface area contributed by atoms with Gasteiger partial charge in [-0.25, -0.2) is 9.79 Å². The number of aliphatic imine (C=N–C) groups is 1. The van der Waals surface area contributed by atoms with Gasteiger partial charge in [0.2, 0.25) is 0 Å². The van der Waals surface area contributed by atoms with E-state index in [1.807, 2.05) is 52.0 Å². The quantitative estimate of drug-likeness (QED) is 0.298. The Balaban J connectivity index is 0.000000573. The summed E-state index contributed by atoms with van der Waals surface area (Å²) in [5.74, 6) is 0.107. The molecule has 0 spiro atoms. The van der Waals surface area contributed by atoms with Crippen LogP contribution in [0.2, 0.25) is 0 Å². The van der Waals surface area contributed by atoms with Gasteiger partial charge in [-0.2, -0.15) is 5.26 Å². The van der Waals surface area contributed by atoms with E-state index in [1.165, 1.54) is 12.6 Å². The number of hydrogen-bond acceptors (Lipinski definition) is 6. The number of piperidine rings is 1. The Morgan fingerprint density at radius 2 is 1.72 bits per heavy atom. The number of anilines is 1. The van der Waals surface area contributed by atoms with Crippen molar-refractivity contribution in [3.8, 4) is 6.07 Å². The van der Waals surface area contributed by atoms with E-state index in [0.29, 0.717) is 17.8 Å². The monoisotopic (exact) mass is 496 g/mol. The van der Waals surface area contributed by atoms with Crippen molar-refractivity contribution in [1.29, 1.82) is 5.26 Å². The lowest BCUT2D eigenvalue weighted by Gasteiger charge is -2.29. The Hall–Kier alpha value is -4.06. The maximum Gasteiger partial charge on any atom is 0.410 e. The highest BCUT2D eigenvalue weighted by Gasteiger charge is 2.22. The average molecular weight is 497 g/mol. The predicted molar refractivity (Wildman–Crippen MR) is 147 cm³/mol. The normalized spacial score (nSPS) is 12.8. The standard InChI is InChI=1S/C12H12N4O.C10H19NO2.C3H5N.C2H4/c13-9-6-7-15-12(17)10(9)11(14)16-8-4-2-1-3-5-8;1-10(2,3)13-9(12)11-7-5-4-6-8-11;1-2-3-4;1-2/h1-7H,(H2,14,16)(H3,13,15,17);4-8H2,1-3H3;2H2,1H3;1-2H2. The van der Waals surface area contributed by atoms with Gasteiger partial charge in [-0.3, -0.25) is 4.79 Å². The van der Waals surface area contributed by atoms with Crippen LogP contribution >= 0.6 is 0 Å². The smallest absolute Gasteiger partial charge is 0.410 e. The molecule has 1 aliphatic rings. The van der Waals surface area contributed by atoms with E-state index in [9.17, 15) is 9.59 Å². The van der Waals surface area contributed by atoms with Crippen molar-refractivity contribution in [1.82, 2.24) is 9.88 Å². The van der Waals surface area contributed by atoms with E-state index in [4.69, 9.17) is 21.5 Å². The van der Waals surface area contributed by atoms with E-state index in [-0.39, 0.29) is 28.7 Å². The summed E-state index contributed by atoms with van der Waals surface area (Å²) in [4.78, 5) is 31.5. The number of pyridine rings is 1. The first-order chi connectivity index (χ1) is 17.1. The molecule has 1 amide bonds. The predicted octanol–water partition coefficient (Wildman–Crippen LogP) is 5.12. The van der Waals surface area contributed by atoms with Crippen LogP contribution in [0.25, 0.3) is 0 Å². The number of para-hydroxylation sites is 1. The summed E-state index contributed by atoms with van der Waals surface area (Å²) in [6, 6.07) is 12.6. The number of ether oxygens (including phenoxy) is 1. The third-order valence-electron chi connectivity index (χ3n) is 4.42. The molecule has 0 radical (unpaired) electrons. The van der Waals surface area contributed by atoms with Crippen LogP contribution in [0.1, 0.15) is 58.9 Å². The minimum Gasteiger partial charge on any atom is -0.444 e. The van der Waals surface area contributed by atoms with Crippen molar-refractivity contribution in [2.24, 2.45) is 10.7 Å². The molecule has 0 unspecified atom stereocenters. The highest BCUT2D eigenvalue weighted by molar-refractivity contribution is 6.02. The minimum atomic E-state index is -0.367. The first-order valence-corrected chi connectivity index (χ1v) is 11.8. The molecule has 1 fully saturated rings. The molecule has 0 bridgehead atoms. The van der Waals surface area contributed by atoms with Crippen molar-refractivity contribution in [3.05, 3.63) is 71.7 Å². The molecule has 3 rings (SSSR count). The van der Waals surface area contributed by atoms with E-state index < -0.39 is 0 Å². The summed E-state index contributed by atoms with van der Waals surface area (Å²) in [6.07, 6.45) is 5.39. The molecular weight excluding hydrogens is 456 g/mol. The molecule has 1 saturated heterocycles. The molecule has 5 N–H and O–H groups in total. The number of amidine groups is 1. The van der Waals surface area contributed by atoms with Crippen LogP contribution < -0.4 is 17.0 Å². The van der Waals surface area contributed by atoms with E-state index in [2.05, 4.69) is 23.1 Å². The topological polar surface area (TPSA) is 151 Å². The number of amides is 1. The molecule has 2 heterocycles. The van der Waals surface area contributed by atoms with Gasteiger partial charge in [0.25, 0.3) is 5.56 Å². The number of nitrogens with zero attached hydrogens (tertiary/aromatic N) is 3. The number of H-pyrrole nitrogens is 1. The Morgan fingerprint density at radius 3 is 2.19 bits per heavy atom. The summed E-state index contributed by atoms with van der Waals surface area (Å²) in [5, 5.41) is 7.62. The van der Waals surface area contributed by atoms with Gasteiger partial charge < -0.3 is 26.1 Å². The maximum absolute atomic E-state index is 11.6. The highest BCUT2D eigenvalue weighted by atomic mass is 16.6. The molecule has 2 aromatic rings. The summed E-state index contributed by atoms with van der Waals surface area (Å²) in [7, 11) is 0. The zero-order valence-electron chi connectivity index (χ0n) is 21.9. The second-order valence-corrected chi connectivity index (χ2v) is 8.51. The number of benzene rings is 1. The lowest BCUT2D eigenvalue weighted by Crippen LogP contribution is -2.39. The second kappa shape index (κ2) is 17.4. The number of carbonyl (C=O) groups excluding carboxylic acids is 1. The molecule has 0 aliphatic carbocycles. The summed E-state index contributed by atoms with van der Waals surface area (Å²) in [5.41, 5.74) is 12.0. The van der Waals surface area contributed by atoms with Gasteiger partial charge in [-0.1, -0.05) is 25.1 Å². The molecule has 1 aliphatic heterocycles. The number of carbonyl (C=O) groups is 1. The van der Waals surface area contributed by atoms with Crippen LogP contribution in [0.3, 0.4) is 0 Å². The number of rotatable bonds is 2. The summed E-state index contributed by atoms with van der Waals surface area (Å²) in [6.45, 7) is 15.2. The fraction of sp³-hybridized carbons (Fsp3) is 0.407. The SMILES string of the molecule is C=C.CC(C)(C)OC(=O)N1CCCCC1.CCC#N.NC(=Nc1ccccc1)c1c(N)cc[nH]c1=O. The highest BCUT2D eigenvalue weighted by Crippen LogP contribution is 2.14. The van der Waals surface area contributed by atoms with Crippen molar-refractivity contribution >= 4 is 23.3 Å². The molecule has 36 heavy (non-hydrogen) atoms. The second-order valence-electron chi connectivity index (χ2n) is 8.51. The lowest BCUT2D eigenvalue weighted by atomic mass is 10.1. The Bertz CT molecular complexity index is 1030. The number of hydrogen-bond donors (Lipinski definition) is 3. The van der Waals surface area contributed by atoms with E-state index in [1.54, 1.807) is 23.1 Å². The van der Waals surface area contributed by atoms with Crippen LogP contribution in [0.4, 0.5) is 16.2 Å². The average Bonchev–Trinajstić information content (AvgIpc) is 2.86. The maximum atomic E-state index is 11.6. The molecule has 0 saturated carbocycles. The zero-order valence-corrected chi connectivity index (χ0v) is 21.9. The molecule has 0 atom stereocenters. The molecule has 9 nitrogen and oxygen atoms in total. The molecule has 1 aromatic heterocycles. The third kappa shape index (κ3) is 13.0. The first kappa shape index (κ1) is 31.9. The largest absolute Gasteiger partial charge is 0.444 e. The van der Waals surface area contributed by atoms with Gasteiger partial charge in [-0.15, -0.1) is 13.2 Å². The molecule has 9 heteroatoms. The molecular formula is C27H40N6O3. The summed E-state index contributed by atoms with van der Waals surface area (Å²) >= 11 is 0. The number of aromatic amines is 1. The van der Waals surface area contributed by atoms with Gasteiger partial charge in [0, 0.05) is 31.4 Å². The number of aromatic nitrogens is 1. The van der Waals surface area contributed by atoms with E-state index in [0.717, 1.165) is 25.9 Å². The fourth-order valence-corrected chi connectivity index (χ4v) is 2.86. The number of nitrogens with one attached hydrogen (secondary N) is 1. The fourth-order valence-electron chi connectivity index (χ4n) is 2.86. The van der Waals surface area contributed by atoms with Crippen LogP contribution in [-0.4, -0.2) is 40.5 Å². The zero-order chi connectivity index (χ0) is 27.6. The van der Waals surface area contributed by atoms with Crippen LogP contribution in [-0.2, 0) is 4.74 Å². The van der Waals surface area contributed by atoms with Crippen molar-refractivity contribution in [3.63, 3.8) is 0 Å². The number of nitrogens with two attached hydrogens (primary N) is 2. The van der Waals surface area contributed by atoms with Crippen LogP contribution in [0.15, 0.2) is 65.5 Å².